The molecule has 0 unspecified atom stereocenters. The number of hydrogen-bond donors (Lipinski definition) is 0. The molecule has 31 heavy (non-hydrogen) atoms. The van der Waals surface area contributed by atoms with Gasteiger partial charge in [0.15, 0.2) is 0 Å². The lowest BCUT2D eigenvalue weighted by Crippen LogP contribution is -2.46. The summed E-state index contributed by atoms with van der Waals surface area (Å²) < 4.78 is 5.73. The average molecular weight is 421 g/mol. The molecule has 0 atom stereocenters. The van der Waals surface area contributed by atoms with E-state index in [-0.39, 0.29) is 24.5 Å². The molecule has 0 N–H and O–H groups in total. The van der Waals surface area contributed by atoms with Crippen molar-refractivity contribution < 1.29 is 14.3 Å². The molecule has 2 aromatic rings. The zero-order chi connectivity index (χ0) is 22.0. The third-order valence-corrected chi connectivity index (χ3v) is 5.54. The highest BCUT2D eigenvalue weighted by molar-refractivity contribution is 6.35. The molecule has 0 radical (unpaired) electrons. The number of carbonyl (C=O) groups excluding carboxylic acids is 2. The number of aromatic nitrogens is 1. The number of pyridine rings is 1. The fraction of sp³-hybridized carbons (Fsp3) is 0.375. The van der Waals surface area contributed by atoms with Gasteiger partial charge >= 0.3 is 0 Å². The summed E-state index contributed by atoms with van der Waals surface area (Å²) in [5, 5.41) is 0. The van der Waals surface area contributed by atoms with Crippen molar-refractivity contribution in [3.05, 3.63) is 65.6 Å². The molecule has 4 rings (SSSR count). The highest BCUT2D eigenvalue weighted by Crippen LogP contribution is 2.33. The van der Waals surface area contributed by atoms with Crippen LogP contribution < -0.4 is 4.74 Å². The normalized spacial score (nSPS) is 17.8. The van der Waals surface area contributed by atoms with E-state index in [9.17, 15) is 9.59 Å². The number of hydrogen-bond acceptors (Lipinski definition) is 6. The number of carbonyl (C=O) groups is 2. The summed E-state index contributed by atoms with van der Waals surface area (Å²) in [6, 6.07) is 11.1. The average Bonchev–Trinajstić information content (AvgIpc) is 3.00. The zero-order valence-corrected chi connectivity index (χ0v) is 18.2. The molecule has 2 aliphatic rings. The Morgan fingerprint density at radius 3 is 2.32 bits per heavy atom. The highest BCUT2D eigenvalue weighted by atomic mass is 16.5. The number of piperazine rings is 1. The fourth-order valence-corrected chi connectivity index (χ4v) is 3.94. The SMILES string of the molecule is CC(C)Oc1ccc(C2=C(N3CCN(C)CC3)C(=O)N(Cc3cccnc3)C2=O)cc1. The minimum absolute atomic E-state index is 0.0654. The minimum atomic E-state index is -0.264. The molecule has 3 heterocycles. The molecule has 7 heteroatoms. The molecule has 0 saturated carbocycles. The number of ether oxygens (including phenoxy) is 1. The van der Waals surface area contributed by atoms with E-state index in [0.29, 0.717) is 24.4 Å². The van der Waals surface area contributed by atoms with Gasteiger partial charge < -0.3 is 14.5 Å². The Morgan fingerprint density at radius 1 is 1.00 bits per heavy atom. The van der Waals surface area contributed by atoms with Crippen molar-refractivity contribution in [2.24, 2.45) is 0 Å². The molecule has 0 bridgehead atoms. The second-order valence-corrected chi connectivity index (χ2v) is 8.26. The minimum Gasteiger partial charge on any atom is -0.491 e. The molecular weight excluding hydrogens is 392 g/mol. The molecule has 1 fully saturated rings. The third-order valence-electron chi connectivity index (χ3n) is 5.54. The molecule has 7 nitrogen and oxygen atoms in total. The summed E-state index contributed by atoms with van der Waals surface area (Å²) in [6.07, 6.45) is 3.43. The Bertz CT molecular complexity index is 978. The molecule has 2 aliphatic heterocycles. The molecule has 162 valence electrons. The summed E-state index contributed by atoms with van der Waals surface area (Å²) in [6.45, 7) is 7.27. The van der Waals surface area contributed by atoms with Crippen LogP contribution >= 0.6 is 0 Å². The summed E-state index contributed by atoms with van der Waals surface area (Å²) in [5.74, 6) is 0.237. The standard InChI is InChI=1S/C24H28N4O3/c1-17(2)31-20-8-6-19(7-9-20)21-22(27-13-11-26(3)12-14-27)24(30)28(23(21)29)16-18-5-4-10-25-15-18/h4-10,15,17H,11-14,16H2,1-3H3. The predicted molar refractivity (Wildman–Crippen MR) is 118 cm³/mol. The first-order chi connectivity index (χ1) is 14.9. The van der Waals surface area contributed by atoms with Gasteiger partial charge in [0.05, 0.1) is 18.2 Å². The van der Waals surface area contributed by atoms with E-state index in [1.165, 1.54) is 4.90 Å². The van der Waals surface area contributed by atoms with Crippen molar-refractivity contribution in [3.8, 4) is 5.75 Å². The molecular formula is C24H28N4O3. The number of nitrogens with zero attached hydrogens (tertiary/aromatic N) is 4. The van der Waals surface area contributed by atoms with Gasteiger partial charge in [0.2, 0.25) is 0 Å². The smallest absolute Gasteiger partial charge is 0.278 e. The Balaban J connectivity index is 1.69. The number of imide groups is 1. The first-order valence-corrected chi connectivity index (χ1v) is 10.6. The van der Waals surface area contributed by atoms with Gasteiger partial charge in [-0.05, 0) is 50.2 Å². The van der Waals surface area contributed by atoms with Crippen LogP contribution in [-0.2, 0) is 16.1 Å². The van der Waals surface area contributed by atoms with Crippen molar-refractivity contribution in [3.63, 3.8) is 0 Å². The number of rotatable bonds is 6. The van der Waals surface area contributed by atoms with Gasteiger partial charge in [-0.2, -0.15) is 0 Å². The van der Waals surface area contributed by atoms with Crippen LogP contribution in [0.4, 0.5) is 0 Å². The molecule has 2 amide bonds. The largest absolute Gasteiger partial charge is 0.491 e. The quantitative estimate of drug-likeness (QED) is 0.669. The van der Waals surface area contributed by atoms with Crippen molar-refractivity contribution >= 4 is 17.4 Å². The zero-order valence-electron chi connectivity index (χ0n) is 18.2. The summed E-state index contributed by atoms with van der Waals surface area (Å²) in [7, 11) is 2.07. The fourth-order valence-electron chi connectivity index (χ4n) is 3.94. The predicted octanol–water partition coefficient (Wildman–Crippen LogP) is 2.40. The van der Waals surface area contributed by atoms with E-state index in [4.69, 9.17) is 4.74 Å². The van der Waals surface area contributed by atoms with E-state index in [0.717, 1.165) is 30.0 Å². The van der Waals surface area contributed by atoms with Crippen LogP contribution in [0.2, 0.25) is 0 Å². The molecule has 0 aliphatic carbocycles. The molecule has 0 spiro atoms. The van der Waals surface area contributed by atoms with Gasteiger partial charge in [-0.25, -0.2) is 0 Å². The lowest BCUT2D eigenvalue weighted by atomic mass is 10.0. The Labute approximate surface area is 182 Å². The molecule has 1 saturated heterocycles. The maximum absolute atomic E-state index is 13.5. The molecule has 1 aromatic carbocycles. The van der Waals surface area contributed by atoms with Crippen LogP contribution in [-0.4, -0.2) is 70.8 Å². The van der Waals surface area contributed by atoms with Crippen LogP contribution in [0, 0.1) is 0 Å². The van der Waals surface area contributed by atoms with Crippen LogP contribution in [0.25, 0.3) is 5.57 Å². The second-order valence-electron chi connectivity index (χ2n) is 8.26. The van der Waals surface area contributed by atoms with Crippen LogP contribution in [0.1, 0.15) is 25.0 Å². The van der Waals surface area contributed by atoms with E-state index in [1.807, 2.05) is 50.2 Å². The lowest BCUT2D eigenvalue weighted by Gasteiger charge is -2.34. The monoisotopic (exact) mass is 420 g/mol. The van der Waals surface area contributed by atoms with E-state index in [2.05, 4.69) is 21.8 Å². The maximum atomic E-state index is 13.5. The van der Waals surface area contributed by atoms with Gasteiger partial charge in [0, 0.05) is 38.6 Å². The maximum Gasteiger partial charge on any atom is 0.278 e. The summed E-state index contributed by atoms with van der Waals surface area (Å²) in [4.78, 5) is 36.6. The number of likely N-dealkylation sites (N-methyl/N-ethyl adjacent to an activating group) is 1. The Kier molecular flexibility index (Phi) is 6.04. The first-order valence-electron chi connectivity index (χ1n) is 10.6. The van der Waals surface area contributed by atoms with Crippen LogP contribution in [0.5, 0.6) is 5.75 Å². The van der Waals surface area contributed by atoms with E-state index >= 15 is 0 Å². The first kappa shape index (κ1) is 21.1. The van der Waals surface area contributed by atoms with Gasteiger partial charge in [0.1, 0.15) is 11.4 Å². The highest BCUT2D eigenvalue weighted by Gasteiger charge is 2.42. The van der Waals surface area contributed by atoms with Crippen molar-refractivity contribution in [2.45, 2.75) is 26.5 Å². The topological polar surface area (TPSA) is 66.0 Å². The van der Waals surface area contributed by atoms with E-state index in [1.54, 1.807) is 12.4 Å². The number of benzene rings is 1. The summed E-state index contributed by atoms with van der Waals surface area (Å²) in [5.41, 5.74) is 2.52. The lowest BCUT2D eigenvalue weighted by molar-refractivity contribution is -0.138. The Hall–Kier alpha value is -3.19. The van der Waals surface area contributed by atoms with Gasteiger partial charge in [0.25, 0.3) is 11.8 Å². The Morgan fingerprint density at radius 2 is 1.71 bits per heavy atom. The van der Waals surface area contributed by atoms with Gasteiger partial charge in [-0.3, -0.25) is 19.5 Å². The summed E-state index contributed by atoms with van der Waals surface area (Å²) >= 11 is 0. The van der Waals surface area contributed by atoms with E-state index < -0.39 is 0 Å². The van der Waals surface area contributed by atoms with Gasteiger partial charge in [-0.15, -0.1) is 0 Å². The third kappa shape index (κ3) is 4.46. The van der Waals surface area contributed by atoms with Gasteiger partial charge in [-0.1, -0.05) is 18.2 Å². The van der Waals surface area contributed by atoms with Crippen molar-refractivity contribution in [1.29, 1.82) is 0 Å². The molecule has 1 aromatic heterocycles. The second kappa shape index (κ2) is 8.89. The van der Waals surface area contributed by atoms with Crippen molar-refractivity contribution in [1.82, 2.24) is 19.7 Å². The van der Waals surface area contributed by atoms with Crippen LogP contribution in [0.15, 0.2) is 54.5 Å². The number of amides is 2. The van der Waals surface area contributed by atoms with Crippen molar-refractivity contribution in [2.75, 3.05) is 33.2 Å². The van der Waals surface area contributed by atoms with Crippen LogP contribution in [0.3, 0.4) is 0 Å².